The van der Waals surface area contributed by atoms with Gasteiger partial charge in [0.1, 0.15) is 11.8 Å². The van der Waals surface area contributed by atoms with Gasteiger partial charge in [-0.15, -0.1) is 11.8 Å². The molecule has 0 radical (unpaired) electrons. The lowest BCUT2D eigenvalue weighted by Crippen LogP contribution is -2.48. The van der Waals surface area contributed by atoms with Gasteiger partial charge in [-0.3, -0.25) is 19.6 Å². The summed E-state index contributed by atoms with van der Waals surface area (Å²) in [4.78, 5) is 36.0. The molecule has 1 aliphatic heterocycles. The second-order valence-electron chi connectivity index (χ2n) is 4.19. The van der Waals surface area contributed by atoms with E-state index in [1.165, 1.54) is 16.7 Å². The van der Waals surface area contributed by atoms with E-state index < -0.39 is 11.2 Å². The van der Waals surface area contributed by atoms with Crippen molar-refractivity contribution in [3.63, 3.8) is 0 Å². The van der Waals surface area contributed by atoms with Gasteiger partial charge in [0.25, 0.3) is 0 Å². The minimum Gasteiger partial charge on any atom is -0.368 e. The molecule has 0 bridgehead atoms. The van der Waals surface area contributed by atoms with E-state index in [2.05, 4.69) is 0 Å². The fourth-order valence-corrected chi connectivity index (χ4v) is 3.14. The zero-order valence-corrected chi connectivity index (χ0v) is 11.2. The smallest absolute Gasteiger partial charge is 0.242 e. The predicted octanol–water partition coefficient (Wildman–Crippen LogP) is -0.173. The summed E-state index contributed by atoms with van der Waals surface area (Å²) < 4.78 is 0. The van der Waals surface area contributed by atoms with Gasteiger partial charge >= 0.3 is 0 Å². The van der Waals surface area contributed by atoms with Gasteiger partial charge < -0.3 is 10.6 Å². The quantitative estimate of drug-likeness (QED) is 0.446. The van der Waals surface area contributed by atoms with Crippen molar-refractivity contribution in [1.29, 1.82) is 0 Å². The zero-order chi connectivity index (χ0) is 14.7. The van der Waals surface area contributed by atoms with E-state index in [0.717, 1.165) is 4.90 Å². The summed E-state index contributed by atoms with van der Waals surface area (Å²) in [5.41, 5.74) is 5.76. The van der Waals surface area contributed by atoms with Crippen LogP contribution < -0.4 is 10.6 Å². The molecule has 1 atom stereocenters. The van der Waals surface area contributed by atoms with Crippen LogP contribution in [0.1, 0.15) is 0 Å². The van der Waals surface area contributed by atoms with Gasteiger partial charge in [-0.05, 0) is 12.1 Å². The number of carbonyl (C=O) groups excluding carboxylic acids is 3. The number of para-hydroxylation sites is 1. The fraction of sp³-hybridized carbons (Fsp3) is 0.250. The first kappa shape index (κ1) is 14.4. The van der Waals surface area contributed by atoms with Crippen LogP contribution >= 0.6 is 11.8 Å². The number of rotatable bonds is 5. The second kappa shape index (κ2) is 5.93. The Morgan fingerprint density at radius 3 is 2.85 bits per heavy atom. The van der Waals surface area contributed by atoms with Crippen molar-refractivity contribution in [3.8, 4) is 0 Å². The van der Waals surface area contributed by atoms with Gasteiger partial charge in [0.2, 0.25) is 18.2 Å². The summed E-state index contributed by atoms with van der Waals surface area (Å²) in [6.07, 6.45) is 0.229. The van der Waals surface area contributed by atoms with E-state index >= 15 is 0 Å². The molecule has 106 valence electrons. The maximum atomic E-state index is 12.3. The Hall–Kier alpha value is -2.06. The van der Waals surface area contributed by atoms with E-state index in [-0.39, 0.29) is 25.4 Å². The Kier molecular flexibility index (Phi) is 4.26. The molecule has 1 aromatic rings. The maximum absolute atomic E-state index is 12.3. The van der Waals surface area contributed by atoms with Crippen LogP contribution in [0.15, 0.2) is 29.2 Å². The van der Waals surface area contributed by atoms with E-state index in [9.17, 15) is 19.6 Å². The van der Waals surface area contributed by atoms with E-state index in [1.54, 1.807) is 24.3 Å². The molecule has 0 saturated carbocycles. The van der Waals surface area contributed by atoms with Gasteiger partial charge in [-0.1, -0.05) is 12.1 Å². The molecule has 3 amide bonds. The molecular weight excluding hydrogens is 282 g/mol. The monoisotopic (exact) mass is 295 g/mol. The number of nitrogens with two attached hydrogens (primary N) is 1. The Morgan fingerprint density at radius 2 is 2.20 bits per heavy atom. The van der Waals surface area contributed by atoms with Gasteiger partial charge in [-0.25, -0.2) is 5.06 Å². The van der Waals surface area contributed by atoms with Crippen LogP contribution in [-0.4, -0.2) is 46.8 Å². The predicted molar refractivity (Wildman–Crippen MR) is 72.2 cm³/mol. The van der Waals surface area contributed by atoms with Crippen LogP contribution in [0.25, 0.3) is 0 Å². The van der Waals surface area contributed by atoms with E-state index in [0.29, 0.717) is 10.8 Å². The number of fused-ring (bicyclic) bond motifs is 1. The molecule has 1 heterocycles. The zero-order valence-electron chi connectivity index (χ0n) is 10.4. The number of carbonyl (C=O) groups is 3. The average Bonchev–Trinajstić information content (AvgIpc) is 2.42. The van der Waals surface area contributed by atoms with Crippen LogP contribution in [-0.2, 0) is 14.4 Å². The second-order valence-corrected chi connectivity index (χ2v) is 5.44. The number of benzene rings is 1. The number of hydroxylamine groups is 2. The standard InChI is InChI=1S/C12H13N3O4S/c13-11(17)6-15-8-3-1-2-4-9(8)20-10(12(15)18)5-14(19)7-16/h1-4,7,10,19H,5-6H2,(H2,13,17). The molecule has 0 spiro atoms. The normalized spacial score (nSPS) is 17.6. The lowest BCUT2D eigenvalue weighted by Gasteiger charge is -2.33. The minimum absolute atomic E-state index is 0.156. The Bertz CT molecular complexity index is 551. The minimum atomic E-state index is -0.681. The molecule has 0 aliphatic carbocycles. The summed E-state index contributed by atoms with van der Waals surface area (Å²) in [7, 11) is 0. The summed E-state index contributed by atoms with van der Waals surface area (Å²) in [6.45, 7) is -0.393. The molecular formula is C12H13N3O4S. The largest absolute Gasteiger partial charge is 0.368 e. The molecule has 20 heavy (non-hydrogen) atoms. The van der Waals surface area contributed by atoms with Crippen LogP contribution in [0.4, 0.5) is 5.69 Å². The molecule has 2 rings (SSSR count). The topological polar surface area (TPSA) is 104 Å². The summed E-state index contributed by atoms with van der Waals surface area (Å²) in [5, 5.41) is 8.96. The highest BCUT2D eigenvalue weighted by Gasteiger charge is 2.35. The lowest BCUT2D eigenvalue weighted by atomic mass is 10.2. The third kappa shape index (κ3) is 2.91. The van der Waals surface area contributed by atoms with Crippen LogP contribution in [0.5, 0.6) is 0 Å². The number of hydrogen-bond donors (Lipinski definition) is 2. The van der Waals surface area contributed by atoms with Crippen LogP contribution in [0, 0.1) is 0 Å². The highest BCUT2D eigenvalue weighted by atomic mass is 32.2. The highest BCUT2D eigenvalue weighted by molar-refractivity contribution is 8.01. The molecule has 1 aromatic carbocycles. The lowest BCUT2D eigenvalue weighted by molar-refractivity contribution is -0.150. The van der Waals surface area contributed by atoms with Gasteiger partial charge in [-0.2, -0.15) is 0 Å². The number of nitrogens with zero attached hydrogens (tertiary/aromatic N) is 2. The molecule has 0 saturated heterocycles. The van der Waals surface area contributed by atoms with Crippen molar-refractivity contribution in [2.24, 2.45) is 5.73 Å². The number of thioether (sulfide) groups is 1. The third-order valence-corrected chi connectivity index (χ3v) is 3.99. The third-order valence-electron chi connectivity index (χ3n) is 2.76. The van der Waals surface area contributed by atoms with Crippen LogP contribution in [0.3, 0.4) is 0 Å². The van der Waals surface area contributed by atoms with Gasteiger partial charge in [0, 0.05) is 4.90 Å². The van der Waals surface area contributed by atoms with Gasteiger partial charge in [0.15, 0.2) is 0 Å². The number of primary amides is 1. The fourth-order valence-electron chi connectivity index (χ4n) is 1.92. The summed E-state index contributed by atoms with van der Waals surface area (Å²) in [5.74, 6) is -0.997. The van der Waals surface area contributed by atoms with E-state index in [4.69, 9.17) is 5.73 Å². The van der Waals surface area contributed by atoms with Gasteiger partial charge in [0.05, 0.1) is 12.2 Å². The van der Waals surface area contributed by atoms with Crippen molar-refractivity contribution in [2.75, 3.05) is 18.0 Å². The average molecular weight is 295 g/mol. The van der Waals surface area contributed by atoms with Crippen molar-refractivity contribution in [3.05, 3.63) is 24.3 Å². The number of hydrogen-bond acceptors (Lipinski definition) is 5. The molecule has 7 nitrogen and oxygen atoms in total. The molecule has 0 aromatic heterocycles. The molecule has 1 unspecified atom stereocenters. The maximum Gasteiger partial charge on any atom is 0.242 e. The van der Waals surface area contributed by atoms with Crippen molar-refractivity contribution in [1.82, 2.24) is 5.06 Å². The Morgan fingerprint density at radius 1 is 1.50 bits per heavy atom. The molecule has 0 fully saturated rings. The SMILES string of the molecule is NC(=O)CN1C(=O)C(CN(O)C=O)Sc2ccccc21. The Balaban J connectivity index is 2.32. The summed E-state index contributed by atoms with van der Waals surface area (Å²) in [6, 6.07) is 7.08. The van der Waals surface area contributed by atoms with Crippen molar-refractivity contribution >= 4 is 35.7 Å². The van der Waals surface area contributed by atoms with Crippen molar-refractivity contribution in [2.45, 2.75) is 10.1 Å². The highest BCUT2D eigenvalue weighted by Crippen LogP contribution is 2.38. The molecule has 3 N–H and O–H groups in total. The first-order chi connectivity index (χ1) is 9.52. The Labute approximate surface area is 119 Å². The molecule has 1 aliphatic rings. The van der Waals surface area contributed by atoms with E-state index in [1.807, 2.05) is 0 Å². The number of amides is 3. The first-order valence-corrected chi connectivity index (χ1v) is 6.67. The van der Waals surface area contributed by atoms with Crippen LogP contribution in [0.2, 0.25) is 0 Å². The summed E-state index contributed by atoms with van der Waals surface area (Å²) >= 11 is 1.24. The first-order valence-electron chi connectivity index (χ1n) is 5.79. The van der Waals surface area contributed by atoms with Crippen molar-refractivity contribution < 1.29 is 19.6 Å². The number of anilines is 1. The molecule has 8 heteroatoms.